The lowest BCUT2D eigenvalue weighted by Gasteiger charge is -2.07. The van der Waals surface area contributed by atoms with Gasteiger partial charge in [0.15, 0.2) is 0 Å². The van der Waals surface area contributed by atoms with Gasteiger partial charge in [-0.05, 0) is 90.7 Å². The normalized spacial score (nSPS) is 19.8. The number of imidazole rings is 2. The van der Waals surface area contributed by atoms with Crippen molar-refractivity contribution in [1.82, 2.24) is 30.6 Å². The summed E-state index contributed by atoms with van der Waals surface area (Å²) in [5, 5.41) is 9.50. The SMILES string of the molecule is c1cc(-c2ccc3nc([C@@H]4CCCN4)[nH]c3c2)ccc1-c1ccc2c(ccc3[nH]c([C@@H]4CCCN4)nc32)c1. The molecule has 2 aromatic heterocycles. The van der Waals surface area contributed by atoms with E-state index in [4.69, 9.17) is 9.97 Å². The van der Waals surface area contributed by atoms with Crippen LogP contribution < -0.4 is 10.6 Å². The molecule has 8 rings (SSSR count). The molecule has 2 aliphatic rings. The fourth-order valence-electron chi connectivity index (χ4n) is 6.23. The summed E-state index contributed by atoms with van der Waals surface area (Å²) in [5.74, 6) is 2.12. The Kier molecular flexibility index (Phi) is 5.10. The molecule has 188 valence electrons. The minimum absolute atomic E-state index is 0.343. The summed E-state index contributed by atoms with van der Waals surface area (Å²) in [7, 11) is 0. The molecule has 4 heterocycles. The molecule has 0 saturated carbocycles. The molecule has 0 spiro atoms. The third-order valence-electron chi connectivity index (χ3n) is 8.32. The van der Waals surface area contributed by atoms with Gasteiger partial charge in [-0.15, -0.1) is 0 Å². The van der Waals surface area contributed by atoms with Crippen LogP contribution in [-0.2, 0) is 0 Å². The van der Waals surface area contributed by atoms with E-state index in [1.54, 1.807) is 0 Å². The van der Waals surface area contributed by atoms with Crippen LogP contribution in [-0.4, -0.2) is 33.0 Å². The van der Waals surface area contributed by atoms with E-state index in [-0.39, 0.29) is 0 Å². The van der Waals surface area contributed by atoms with Crippen molar-refractivity contribution in [3.8, 4) is 22.3 Å². The van der Waals surface area contributed by atoms with Crippen molar-refractivity contribution < 1.29 is 0 Å². The highest BCUT2D eigenvalue weighted by molar-refractivity contribution is 6.05. The Balaban J connectivity index is 1.09. The molecule has 0 unspecified atom stereocenters. The van der Waals surface area contributed by atoms with Crippen molar-refractivity contribution in [3.63, 3.8) is 0 Å². The van der Waals surface area contributed by atoms with Crippen LogP contribution >= 0.6 is 0 Å². The Labute approximate surface area is 220 Å². The second kappa shape index (κ2) is 8.79. The first-order valence-electron chi connectivity index (χ1n) is 13.8. The third-order valence-corrected chi connectivity index (χ3v) is 8.32. The van der Waals surface area contributed by atoms with E-state index >= 15 is 0 Å². The summed E-state index contributed by atoms with van der Waals surface area (Å²) < 4.78 is 0. The van der Waals surface area contributed by atoms with Crippen LogP contribution in [0.1, 0.15) is 49.4 Å². The Morgan fingerprint density at radius 1 is 0.579 bits per heavy atom. The maximum atomic E-state index is 4.99. The summed E-state index contributed by atoms with van der Waals surface area (Å²) in [6, 6.07) is 27.2. The van der Waals surface area contributed by atoms with Crippen molar-refractivity contribution in [2.24, 2.45) is 0 Å². The van der Waals surface area contributed by atoms with E-state index in [1.807, 2.05) is 0 Å². The lowest BCUT2D eigenvalue weighted by molar-refractivity contribution is 0.614. The molecule has 0 radical (unpaired) electrons. The van der Waals surface area contributed by atoms with Gasteiger partial charge in [0.05, 0.1) is 34.2 Å². The smallest absolute Gasteiger partial charge is 0.124 e. The van der Waals surface area contributed by atoms with Crippen molar-refractivity contribution in [2.75, 3.05) is 13.1 Å². The van der Waals surface area contributed by atoms with Crippen LogP contribution in [0.4, 0.5) is 0 Å². The fraction of sp³-hybridized carbons (Fsp3) is 0.250. The van der Waals surface area contributed by atoms with Crippen LogP contribution in [0.2, 0.25) is 0 Å². The van der Waals surface area contributed by atoms with E-state index in [1.165, 1.54) is 45.9 Å². The summed E-state index contributed by atoms with van der Waals surface area (Å²) >= 11 is 0. The molecule has 6 aromatic rings. The van der Waals surface area contributed by atoms with Gasteiger partial charge >= 0.3 is 0 Å². The van der Waals surface area contributed by atoms with Gasteiger partial charge in [0, 0.05) is 5.39 Å². The standard InChI is InChI=1S/C32H30N6/c1-3-27(33-15-1)31-35-25-13-10-22(18-29(25)37-31)20-7-5-19(6-8-20)21-9-12-24-23(17-21)11-14-26-30(24)38-32(36-26)28-4-2-16-34-28/h5-14,17-18,27-28,33-34H,1-4,15-16H2,(H,35,37)(H,36,38)/t27-,28-/m0/s1. The van der Waals surface area contributed by atoms with Gasteiger partial charge < -0.3 is 20.6 Å². The summed E-state index contributed by atoms with van der Waals surface area (Å²) in [5.41, 5.74) is 9.14. The fourth-order valence-corrected chi connectivity index (χ4v) is 6.23. The molecule has 4 N–H and O–H groups in total. The zero-order chi connectivity index (χ0) is 25.1. The number of hydrogen-bond donors (Lipinski definition) is 4. The number of nitrogens with zero attached hydrogens (tertiary/aromatic N) is 2. The van der Waals surface area contributed by atoms with Crippen molar-refractivity contribution >= 4 is 32.8 Å². The molecular weight excluding hydrogens is 468 g/mol. The maximum absolute atomic E-state index is 4.99. The quantitative estimate of drug-likeness (QED) is 0.216. The zero-order valence-corrected chi connectivity index (χ0v) is 21.2. The highest BCUT2D eigenvalue weighted by Crippen LogP contribution is 2.32. The van der Waals surface area contributed by atoms with Gasteiger partial charge in [0.25, 0.3) is 0 Å². The third kappa shape index (κ3) is 3.71. The first kappa shape index (κ1) is 22.0. The van der Waals surface area contributed by atoms with Crippen LogP contribution in [0, 0.1) is 0 Å². The average Bonchev–Trinajstić information content (AvgIpc) is 3.78. The van der Waals surface area contributed by atoms with Gasteiger partial charge in [-0.2, -0.15) is 0 Å². The Morgan fingerprint density at radius 2 is 1.21 bits per heavy atom. The molecule has 0 amide bonds. The molecule has 2 fully saturated rings. The molecule has 38 heavy (non-hydrogen) atoms. The Morgan fingerprint density at radius 3 is 1.92 bits per heavy atom. The predicted octanol–water partition coefficient (Wildman–Crippen LogP) is 6.78. The lowest BCUT2D eigenvalue weighted by atomic mass is 9.98. The largest absolute Gasteiger partial charge is 0.341 e. The highest BCUT2D eigenvalue weighted by atomic mass is 15.0. The number of aromatic amines is 2. The summed E-state index contributed by atoms with van der Waals surface area (Å²) in [6.45, 7) is 2.14. The average molecular weight is 499 g/mol. The highest BCUT2D eigenvalue weighted by Gasteiger charge is 2.21. The molecule has 4 aromatic carbocycles. The van der Waals surface area contributed by atoms with Crippen LogP contribution in [0.3, 0.4) is 0 Å². The number of rotatable bonds is 4. The van der Waals surface area contributed by atoms with Gasteiger partial charge in [0.2, 0.25) is 0 Å². The Hall–Kier alpha value is -4.00. The number of fused-ring (bicyclic) bond motifs is 4. The summed E-state index contributed by atoms with van der Waals surface area (Å²) in [4.78, 5) is 16.9. The predicted molar refractivity (Wildman–Crippen MR) is 154 cm³/mol. The molecule has 6 heteroatoms. The molecule has 0 bridgehead atoms. The second-order valence-electron chi connectivity index (χ2n) is 10.7. The number of H-pyrrole nitrogens is 2. The summed E-state index contributed by atoms with van der Waals surface area (Å²) in [6.07, 6.45) is 4.71. The van der Waals surface area contributed by atoms with Crippen molar-refractivity contribution in [1.29, 1.82) is 0 Å². The van der Waals surface area contributed by atoms with Gasteiger partial charge in [0.1, 0.15) is 11.6 Å². The van der Waals surface area contributed by atoms with Crippen molar-refractivity contribution in [3.05, 3.63) is 84.4 Å². The molecular formula is C32H30N6. The first-order valence-corrected chi connectivity index (χ1v) is 13.8. The molecule has 2 atom stereocenters. The topological polar surface area (TPSA) is 81.4 Å². The number of hydrogen-bond acceptors (Lipinski definition) is 4. The number of benzene rings is 4. The minimum atomic E-state index is 0.343. The minimum Gasteiger partial charge on any atom is -0.341 e. The molecule has 2 aliphatic heterocycles. The maximum Gasteiger partial charge on any atom is 0.124 e. The van der Waals surface area contributed by atoms with Gasteiger partial charge in [-0.1, -0.05) is 48.5 Å². The zero-order valence-electron chi connectivity index (χ0n) is 21.2. The van der Waals surface area contributed by atoms with Crippen LogP contribution in [0.5, 0.6) is 0 Å². The van der Waals surface area contributed by atoms with E-state index in [0.717, 1.165) is 59.6 Å². The van der Waals surface area contributed by atoms with Crippen LogP contribution in [0.15, 0.2) is 72.8 Å². The second-order valence-corrected chi connectivity index (χ2v) is 10.7. The van der Waals surface area contributed by atoms with Crippen molar-refractivity contribution in [2.45, 2.75) is 37.8 Å². The molecule has 0 aliphatic carbocycles. The van der Waals surface area contributed by atoms with E-state index in [2.05, 4.69) is 93.4 Å². The Bertz CT molecular complexity index is 1780. The van der Waals surface area contributed by atoms with Gasteiger partial charge in [-0.3, -0.25) is 0 Å². The lowest BCUT2D eigenvalue weighted by Crippen LogP contribution is -2.13. The van der Waals surface area contributed by atoms with Crippen LogP contribution in [0.25, 0.3) is 55.1 Å². The van der Waals surface area contributed by atoms with E-state index in [0.29, 0.717) is 12.1 Å². The molecule has 2 saturated heterocycles. The number of aromatic nitrogens is 4. The molecule has 6 nitrogen and oxygen atoms in total. The van der Waals surface area contributed by atoms with E-state index in [9.17, 15) is 0 Å². The van der Waals surface area contributed by atoms with Gasteiger partial charge in [-0.25, -0.2) is 9.97 Å². The first-order chi connectivity index (χ1) is 18.8. The number of nitrogens with one attached hydrogen (secondary N) is 4. The van der Waals surface area contributed by atoms with E-state index < -0.39 is 0 Å². The monoisotopic (exact) mass is 498 g/mol.